The minimum Gasteiger partial charge on any atom is -0.504 e. The molecule has 16 atom stereocenters. The van der Waals surface area contributed by atoms with E-state index in [4.69, 9.17) is 4.74 Å². The molecule has 57 heavy (non-hydrogen) atoms. The Morgan fingerprint density at radius 2 is 1.70 bits per heavy atom. The van der Waals surface area contributed by atoms with Gasteiger partial charge in [0.2, 0.25) is 0 Å². The summed E-state index contributed by atoms with van der Waals surface area (Å²) < 4.78 is 7.40. The van der Waals surface area contributed by atoms with E-state index < -0.39 is 75.2 Å². The third-order valence-electron chi connectivity index (χ3n) is 18.4. The molecular weight excluding hydrogens is 727 g/mol. The molecule has 0 unspecified atom stereocenters. The second-order valence-electron chi connectivity index (χ2n) is 20.8. The van der Waals surface area contributed by atoms with Crippen LogP contribution in [-0.2, 0) is 9.53 Å². The van der Waals surface area contributed by atoms with Crippen LogP contribution in [0.1, 0.15) is 110 Å². The van der Waals surface area contributed by atoms with Crippen LogP contribution in [0, 0.1) is 51.2 Å². The van der Waals surface area contributed by atoms with Crippen LogP contribution >= 0.6 is 0 Å². The number of benzene rings is 1. The van der Waals surface area contributed by atoms with Crippen LogP contribution in [0.15, 0.2) is 41.5 Å². The summed E-state index contributed by atoms with van der Waals surface area (Å²) in [4.78, 5) is 14.9. The molecule has 9 aliphatic rings. The van der Waals surface area contributed by atoms with Crippen LogP contribution in [0.5, 0.6) is 11.5 Å². The van der Waals surface area contributed by atoms with E-state index in [1.54, 1.807) is 12.1 Å². The number of carbonyl (C=O) groups excluding carboxylic acids is 1. The number of allylic oxidation sites excluding steroid dienone is 2. The van der Waals surface area contributed by atoms with Gasteiger partial charge in [0.25, 0.3) is 0 Å². The van der Waals surface area contributed by atoms with Crippen LogP contribution in [0.3, 0.4) is 0 Å². The van der Waals surface area contributed by atoms with Crippen LogP contribution in [0.25, 0.3) is 0 Å². The molecule has 1 aromatic rings. The maximum Gasteiger partial charge on any atom is 0.160 e. The van der Waals surface area contributed by atoms with Gasteiger partial charge in [0, 0.05) is 55.1 Å². The number of ether oxygens (including phenoxy) is 1. The van der Waals surface area contributed by atoms with Gasteiger partial charge in [-0.3, -0.25) is 4.79 Å². The molecule has 1 saturated heterocycles. The first-order valence-electron chi connectivity index (χ1n) is 21.8. The molecule has 0 amide bonds. The quantitative estimate of drug-likeness (QED) is 0.149. The Kier molecular flexibility index (Phi) is 9.02. The van der Waals surface area contributed by atoms with Crippen molar-refractivity contribution in [3.05, 3.63) is 47.1 Å². The SMILES string of the molecule is CCNCC1=C[C@]2(C)CC[C@@H]1[C@]1(O[C@H]3C[C@]4(O)C5=CC(=O)[C@H]6[C@H](c7ccc(O)c(O)c7)[C@@H](O)[C@@H](O)C[C@]6(C)[C@@H]5C5(CCCC5)C[C@]4(C)[C@@H]3[C@]1(O)CCO)[C@@H](O)[C@H]2C. The largest absolute Gasteiger partial charge is 0.504 e. The lowest BCUT2D eigenvalue weighted by molar-refractivity contribution is -0.252. The van der Waals surface area contributed by atoms with E-state index in [0.29, 0.717) is 30.5 Å². The Morgan fingerprint density at radius 3 is 2.37 bits per heavy atom. The van der Waals surface area contributed by atoms with Gasteiger partial charge >= 0.3 is 0 Å². The summed E-state index contributed by atoms with van der Waals surface area (Å²) in [5.74, 6) is -4.24. The van der Waals surface area contributed by atoms with Crippen LogP contribution < -0.4 is 5.32 Å². The molecule has 2 bridgehead atoms. The van der Waals surface area contributed by atoms with Crippen molar-refractivity contribution in [3.63, 3.8) is 0 Å². The zero-order valence-electron chi connectivity index (χ0n) is 34.2. The number of aliphatic hydroxyl groups is 6. The molecule has 1 aliphatic heterocycles. The van der Waals surface area contributed by atoms with Gasteiger partial charge in [-0.05, 0) is 102 Å². The maximum atomic E-state index is 14.9. The third-order valence-corrected chi connectivity index (χ3v) is 18.4. The highest BCUT2D eigenvalue weighted by Gasteiger charge is 2.84. The van der Waals surface area contributed by atoms with Gasteiger partial charge in [-0.2, -0.15) is 0 Å². The van der Waals surface area contributed by atoms with Gasteiger partial charge in [-0.15, -0.1) is 0 Å². The number of aliphatic hydroxyl groups excluding tert-OH is 4. The highest BCUT2D eigenvalue weighted by atomic mass is 16.6. The van der Waals surface area contributed by atoms with Crippen LogP contribution in [0.4, 0.5) is 0 Å². The van der Waals surface area contributed by atoms with Gasteiger partial charge in [0.05, 0.1) is 30.0 Å². The fourth-order valence-electron chi connectivity index (χ4n) is 16.2. The fourth-order valence-corrected chi connectivity index (χ4v) is 16.2. The van der Waals surface area contributed by atoms with Crippen molar-refractivity contribution in [1.82, 2.24) is 5.32 Å². The topological polar surface area (TPSA) is 200 Å². The number of nitrogens with one attached hydrogen (secondary N) is 1. The van der Waals surface area contributed by atoms with Crippen molar-refractivity contribution < 1.29 is 50.4 Å². The zero-order chi connectivity index (χ0) is 40.9. The molecule has 314 valence electrons. The van der Waals surface area contributed by atoms with Crippen molar-refractivity contribution >= 4 is 5.78 Å². The van der Waals surface area contributed by atoms with Crippen molar-refractivity contribution in [3.8, 4) is 11.5 Å². The van der Waals surface area contributed by atoms with E-state index in [9.17, 15) is 45.6 Å². The number of hydrogen-bond acceptors (Lipinski definition) is 11. The van der Waals surface area contributed by atoms with Crippen LogP contribution in [0.2, 0.25) is 0 Å². The number of hydrogen-bond donors (Lipinski definition) is 9. The van der Waals surface area contributed by atoms with Crippen molar-refractivity contribution in [2.45, 2.75) is 146 Å². The molecule has 10 rings (SSSR count). The molecule has 1 heterocycles. The van der Waals surface area contributed by atoms with Crippen molar-refractivity contribution in [2.75, 3.05) is 19.7 Å². The van der Waals surface area contributed by atoms with Gasteiger partial charge in [0.15, 0.2) is 17.3 Å². The lowest BCUT2D eigenvalue weighted by atomic mass is 9.37. The predicted octanol–water partition coefficient (Wildman–Crippen LogP) is 3.99. The summed E-state index contributed by atoms with van der Waals surface area (Å²) in [5.41, 5.74) is -5.30. The number of phenols is 2. The molecule has 11 heteroatoms. The summed E-state index contributed by atoms with van der Waals surface area (Å²) in [6, 6.07) is 4.30. The summed E-state index contributed by atoms with van der Waals surface area (Å²) in [7, 11) is 0. The zero-order valence-corrected chi connectivity index (χ0v) is 34.2. The Hall–Kier alpha value is -2.35. The normalized spacial score (nSPS) is 50.6. The predicted molar refractivity (Wildman–Crippen MR) is 211 cm³/mol. The number of fused-ring (bicyclic) bond motifs is 10. The van der Waals surface area contributed by atoms with E-state index in [-0.39, 0.29) is 66.3 Å². The molecule has 9 N–H and O–H groups in total. The highest BCUT2D eigenvalue weighted by Crippen LogP contribution is 2.79. The van der Waals surface area contributed by atoms with Gasteiger partial charge in [0.1, 0.15) is 11.2 Å². The standard InChI is InChI=1S/C46H65NO10/c1-6-47-22-26-19-40(3)14-11-27(26)46(39(54)24(40)2)44(55,15-16-48)38-33(57-46)21-45(56)28-18-31(51)35-34(25-9-10-29(49)30(50)17-25)36(53)32(52)20-41(35,4)37(28)43(12-7-8-13-43)23-42(38,45)5/h9-10,17-19,24,27,32-39,47-50,52-56H,6-8,11-16,20-23H2,1-5H3/t24-,27+,32+,33+,34+,35+,36+,37-,38-,39+,40+,41+,42-,44-,45+,46+/m1/s1. The molecular formula is C46H65NO10. The Labute approximate surface area is 336 Å². The Morgan fingerprint density at radius 1 is 0.982 bits per heavy atom. The first-order valence-corrected chi connectivity index (χ1v) is 21.8. The van der Waals surface area contributed by atoms with Gasteiger partial charge in [-0.1, -0.05) is 65.2 Å². The fraction of sp³-hybridized carbons (Fsp3) is 0.761. The average molecular weight is 792 g/mol. The second-order valence-corrected chi connectivity index (χ2v) is 20.8. The molecule has 0 radical (unpaired) electrons. The Balaban J connectivity index is 1.21. The average Bonchev–Trinajstić information content (AvgIpc) is 3.75. The Bertz CT molecular complexity index is 1890. The molecule has 0 aromatic heterocycles. The highest BCUT2D eigenvalue weighted by molar-refractivity contribution is 5.96. The molecule has 1 aromatic carbocycles. The number of likely N-dealkylation sites (N-methyl/N-ethyl adjacent to an activating group) is 1. The molecule has 6 fully saturated rings. The summed E-state index contributed by atoms with van der Waals surface area (Å²) >= 11 is 0. The van der Waals surface area contributed by atoms with Crippen molar-refractivity contribution in [1.29, 1.82) is 0 Å². The molecule has 11 nitrogen and oxygen atoms in total. The second kappa shape index (κ2) is 12.8. The van der Waals surface area contributed by atoms with Crippen molar-refractivity contribution in [2.24, 2.45) is 51.2 Å². The lowest BCUT2D eigenvalue weighted by Crippen LogP contribution is -2.71. The number of carbonyl (C=O) groups is 1. The number of rotatable bonds is 6. The monoisotopic (exact) mass is 791 g/mol. The first-order chi connectivity index (χ1) is 26.8. The summed E-state index contributed by atoms with van der Waals surface area (Å²) in [6.07, 6.45) is 5.47. The number of ketones is 1. The third kappa shape index (κ3) is 4.86. The minimum absolute atomic E-state index is 0.0370. The smallest absolute Gasteiger partial charge is 0.160 e. The van der Waals surface area contributed by atoms with Crippen LogP contribution in [-0.4, -0.2) is 108 Å². The van der Waals surface area contributed by atoms with Gasteiger partial charge < -0.3 is 50.9 Å². The molecule has 2 spiro atoms. The summed E-state index contributed by atoms with van der Waals surface area (Å²) in [6.45, 7) is 11.4. The molecule has 8 aliphatic carbocycles. The first kappa shape index (κ1) is 40.1. The number of phenolic OH excluding ortho intramolecular Hbond substituents is 2. The maximum absolute atomic E-state index is 14.9. The van der Waals surface area contributed by atoms with E-state index in [2.05, 4.69) is 32.2 Å². The van der Waals surface area contributed by atoms with E-state index in [1.165, 1.54) is 12.1 Å². The van der Waals surface area contributed by atoms with Gasteiger partial charge in [-0.25, -0.2) is 0 Å². The van der Waals surface area contributed by atoms with E-state index in [0.717, 1.165) is 44.2 Å². The minimum atomic E-state index is -1.74. The molecule has 5 saturated carbocycles. The van der Waals surface area contributed by atoms with E-state index >= 15 is 0 Å². The van der Waals surface area contributed by atoms with E-state index in [1.807, 2.05) is 13.8 Å². The lowest BCUT2D eigenvalue weighted by Gasteiger charge is -2.68. The number of aromatic hydroxyl groups is 2. The summed E-state index contributed by atoms with van der Waals surface area (Å²) in [5, 5.41) is 98.6.